The summed E-state index contributed by atoms with van der Waals surface area (Å²) >= 11 is 0. The average molecular weight is 446 g/mol. The number of hydrogen-bond acceptors (Lipinski definition) is 7. The van der Waals surface area contributed by atoms with Gasteiger partial charge in [0.15, 0.2) is 5.82 Å². The molecule has 170 valence electrons. The van der Waals surface area contributed by atoms with Crippen LogP contribution in [0.3, 0.4) is 0 Å². The highest BCUT2D eigenvalue weighted by molar-refractivity contribution is 6.00. The molecule has 2 atom stereocenters. The number of amides is 1. The molecule has 2 saturated heterocycles. The van der Waals surface area contributed by atoms with Crippen LogP contribution >= 0.6 is 0 Å². The summed E-state index contributed by atoms with van der Waals surface area (Å²) in [4.78, 5) is 24.9. The molecule has 0 radical (unpaired) electrons. The number of nitrogens with zero attached hydrogens (tertiary/aromatic N) is 4. The first-order valence-electron chi connectivity index (χ1n) is 11.3. The van der Waals surface area contributed by atoms with Gasteiger partial charge in [0, 0.05) is 18.5 Å². The average Bonchev–Trinajstić information content (AvgIpc) is 3.53. The summed E-state index contributed by atoms with van der Waals surface area (Å²) in [7, 11) is 1.51. The van der Waals surface area contributed by atoms with E-state index in [1.165, 1.54) is 7.11 Å². The van der Waals surface area contributed by atoms with Crippen molar-refractivity contribution in [2.45, 2.75) is 31.2 Å². The van der Waals surface area contributed by atoms with E-state index in [0.717, 1.165) is 42.8 Å². The third kappa shape index (κ3) is 4.52. The van der Waals surface area contributed by atoms with Crippen LogP contribution in [0.4, 0.5) is 0 Å². The standard InChI is InChI=1S/C25H27N5O3/c1-32-28-21-14-22(23-27-24(33-29-23)20-8-5-13-26-15-20)30(16-21)25(31)19-11-9-18(10-12-19)17-6-3-2-4-7-17/h2-4,6-7,9-12,20,22,26H,5,8,13-16H2,1H3/b28-21+. The van der Waals surface area contributed by atoms with Crippen LogP contribution in [0.2, 0.25) is 0 Å². The Morgan fingerprint density at radius 1 is 1.15 bits per heavy atom. The van der Waals surface area contributed by atoms with Gasteiger partial charge >= 0.3 is 0 Å². The predicted octanol–water partition coefficient (Wildman–Crippen LogP) is 3.79. The molecule has 1 amide bonds. The Morgan fingerprint density at radius 3 is 2.67 bits per heavy atom. The van der Waals surface area contributed by atoms with Crippen LogP contribution in [0.15, 0.2) is 64.3 Å². The molecule has 33 heavy (non-hydrogen) atoms. The number of piperidine rings is 1. The van der Waals surface area contributed by atoms with Crippen molar-refractivity contribution in [2.24, 2.45) is 5.16 Å². The van der Waals surface area contributed by atoms with Gasteiger partial charge in [-0.3, -0.25) is 4.79 Å². The smallest absolute Gasteiger partial charge is 0.254 e. The SMILES string of the molecule is CO/N=C1\CC(c2noc(C3CCCNC3)n2)N(C(=O)c2ccc(-c3ccccc3)cc2)C1. The number of nitrogens with one attached hydrogen (secondary N) is 1. The molecule has 5 rings (SSSR count). The number of oxime groups is 1. The topological polar surface area (TPSA) is 92.8 Å². The minimum atomic E-state index is -0.339. The zero-order valence-electron chi connectivity index (χ0n) is 18.6. The van der Waals surface area contributed by atoms with E-state index in [1.54, 1.807) is 4.90 Å². The highest BCUT2D eigenvalue weighted by atomic mass is 16.6. The van der Waals surface area contributed by atoms with Crippen molar-refractivity contribution in [3.8, 4) is 11.1 Å². The Hall–Kier alpha value is -3.52. The molecule has 2 aliphatic rings. The fourth-order valence-electron chi connectivity index (χ4n) is 4.56. The van der Waals surface area contributed by atoms with Gasteiger partial charge in [-0.05, 0) is 42.6 Å². The lowest BCUT2D eigenvalue weighted by molar-refractivity contribution is 0.0732. The van der Waals surface area contributed by atoms with Crippen molar-refractivity contribution >= 4 is 11.6 Å². The molecule has 0 aliphatic carbocycles. The van der Waals surface area contributed by atoms with Crippen LogP contribution in [0.1, 0.15) is 53.3 Å². The van der Waals surface area contributed by atoms with Crippen molar-refractivity contribution in [2.75, 3.05) is 26.7 Å². The second kappa shape index (κ2) is 9.54. The number of carbonyl (C=O) groups is 1. The van der Waals surface area contributed by atoms with E-state index in [-0.39, 0.29) is 17.9 Å². The summed E-state index contributed by atoms with van der Waals surface area (Å²) in [5.41, 5.74) is 3.57. The Labute approximate surface area is 192 Å². The maximum absolute atomic E-state index is 13.5. The van der Waals surface area contributed by atoms with Gasteiger partial charge in [0.1, 0.15) is 13.2 Å². The lowest BCUT2D eigenvalue weighted by Gasteiger charge is -2.22. The van der Waals surface area contributed by atoms with Crippen LogP contribution in [-0.4, -0.2) is 53.4 Å². The highest BCUT2D eigenvalue weighted by Crippen LogP contribution is 2.32. The van der Waals surface area contributed by atoms with E-state index in [2.05, 4.69) is 32.7 Å². The summed E-state index contributed by atoms with van der Waals surface area (Å²) in [5.74, 6) is 1.27. The number of benzene rings is 2. The van der Waals surface area contributed by atoms with Crippen LogP contribution in [0.25, 0.3) is 11.1 Å². The van der Waals surface area contributed by atoms with Gasteiger partial charge in [-0.1, -0.05) is 52.8 Å². The summed E-state index contributed by atoms with van der Waals surface area (Å²) in [6.45, 7) is 2.22. The molecule has 8 nitrogen and oxygen atoms in total. The molecule has 0 spiro atoms. The fourth-order valence-corrected chi connectivity index (χ4v) is 4.56. The van der Waals surface area contributed by atoms with E-state index in [9.17, 15) is 4.79 Å². The molecular formula is C25H27N5O3. The van der Waals surface area contributed by atoms with Crippen molar-refractivity contribution in [1.82, 2.24) is 20.4 Å². The minimum absolute atomic E-state index is 0.0911. The number of aromatic nitrogens is 2. The normalized spacial score (nSPS) is 22.0. The highest BCUT2D eigenvalue weighted by Gasteiger charge is 2.38. The van der Waals surface area contributed by atoms with Crippen LogP contribution in [-0.2, 0) is 4.84 Å². The van der Waals surface area contributed by atoms with E-state index in [1.807, 2.05) is 42.5 Å². The minimum Gasteiger partial charge on any atom is -0.399 e. The molecule has 2 aromatic carbocycles. The maximum atomic E-state index is 13.5. The third-order valence-electron chi connectivity index (χ3n) is 6.28. The molecular weight excluding hydrogens is 418 g/mol. The quantitative estimate of drug-likeness (QED) is 0.601. The molecule has 3 aromatic rings. The summed E-state index contributed by atoms with van der Waals surface area (Å²) in [5, 5.41) is 11.7. The second-order valence-electron chi connectivity index (χ2n) is 8.47. The Morgan fingerprint density at radius 2 is 1.94 bits per heavy atom. The van der Waals surface area contributed by atoms with Crippen LogP contribution < -0.4 is 5.32 Å². The number of hydrogen-bond donors (Lipinski definition) is 1. The van der Waals surface area contributed by atoms with Crippen molar-refractivity contribution in [3.63, 3.8) is 0 Å². The predicted molar refractivity (Wildman–Crippen MR) is 124 cm³/mol. The lowest BCUT2D eigenvalue weighted by Crippen LogP contribution is -2.32. The first-order chi connectivity index (χ1) is 16.2. The molecule has 8 heteroatoms. The largest absolute Gasteiger partial charge is 0.399 e. The van der Waals surface area contributed by atoms with Gasteiger partial charge in [-0.15, -0.1) is 0 Å². The number of carbonyl (C=O) groups excluding carboxylic acids is 1. The van der Waals surface area contributed by atoms with Crippen LogP contribution in [0, 0.1) is 0 Å². The van der Waals surface area contributed by atoms with Crippen molar-refractivity contribution in [3.05, 3.63) is 71.9 Å². The van der Waals surface area contributed by atoms with E-state index >= 15 is 0 Å². The van der Waals surface area contributed by atoms with Gasteiger partial charge in [0.25, 0.3) is 5.91 Å². The molecule has 1 aromatic heterocycles. The monoisotopic (exact) mass is 445 g/mol. The van der Waals surface area contributed by atoms with Gasteiger partial charge in [-0.2, -0.15) is 4.98 Å². The number of rotatable bonds is 5. The van der Waals surface area contributed by atoms with E-state index < -0.39 is 0 Å². The van der Waals surface area contributed by atoms with Crippen molar-refractivity contribution in [1.29, 1.82) is 0 Å². The fraction of sp³-hybridized carbons (Fsp3) is 0.360. The summed E-state index contributed by atoms with van der Waals surface area (Å²) < 4.78 is 5.60. The third-order valence-corrected chi connectivity index (χ3v) is 6.28. The molecule has 0 bridgehead atoms. The first-order valence-corrected chi connectivity index (χ1v) is 11.3. The lowest BCUT2D eigenvalue weighted by atomic mass is 10.00. The molecule has 2 fully saturated rings. The maximum Gasteiger partial charge on any atom is 0.254 e. The van der Waals surface area contributed by atoms with E-state index in [4.69, 9.17) is 9.36 Å². The molecule has 1 N–H and O–H groups in total. The van der Waals surface area contributed by atoms with Crippen LogP contribution in [0.5, 0.6) is 0 Å². The first kappa shape index (κ1) is 21.3. The molecule has 2 unspecified atom stereocenters. The molecule has 3 heterocycles. The van der Waals surface area contributed by atoms with Gasteiger partial charge in [-0.25, -0.2) is 0 Å². The Bertz CT molecular complexity index is 1120. The zero-order chi connectivity index (χ0) is 22.6. The zero-order valence-corrected chi connectivity index (χ0v) is 18.6. The Kier molecular flexibility index (Phi) is 6.17. The van der Waals surface area contributed by atoms with Gasteiger partial charge in [0.2, 0.25) is 5.89 Å². The molecule has 0 saturated carbocycles. The number of likely N-dealkylation sites (tertiary alicyclic amines) is 1. The molecule has 2 aliphatic heterocycles. The summed E-state index contributed by atoms with van der Waals surface area (Å²) in [6, 6.07) is 17.4. The van der Waals surface area contributed by atoms with Crippen molar-refractivity contribution < 1.29 is 14.2 Å². The van der Waals surface area contributed by atoms with Gasteiger partial charge in [0.05, 0.1) is 18.2 Å². The summed E-state index contributed by atoms with van der Waals surface area (Å²) in [6.07, 6.45) is 2.62. The Balaban J connectivity index is 1.38. The second-order valence-corrected chi connectivity index (χ2v) is 8.47. The van der Waals surface area contributed by atoms with Gasteiger partial charge < -0.3 is 19.6 Å². The van der Waals surface area contributed by atoms with E-state index in [0.29, 0.717) is 30.2 Å².